The molecule has 0 bridgehead atoms. The molecule has 2 saturated heterocycles. The number of carboxylic acid groups (broad SMARTS) is 1. The molecule has 3 aromatic carbocycles. The van der Waals surface area contributed by atoms with E-state index in [1.165, 1.54) is 0 Å². The number of hydrogen-bond donors (Lipinski definition) is 1. The van der Waals surface area contributed by atoms with Gasteiger partial charge in [0.15, 0.2) is 6.61 Å². The second-order valence-corrected chi connectivity index (χ2v) is 16.3. The summed E-state index contributed by atoms with van der Waals surface area (Å²) in [5, 5.41) is 9.40. The van der Waals surface area contributed by atoms with E-state index in [2.05, 4.69) is 59.4 Å². The first-order chi connectivity index (χ1) is 21.6. The van der Waals surface area contributed by atoms with E-state index in [1.54, 1.807) is 16.4 Å². The number of piperidine rings is 1. The zero-order valence-electron chi connectivity index (χ0n) is 27.8. The smallest absolute Gasteiger partial charge is 0.341 e. The second-order valence-electron chi connectivity index (χ2n) is 14.4. The third-order valence-electron chi connectivity index (χ3n) is 9.75. The second kappa shape index (κ2) is 13.0. The molecule has 2 fully saturated rings. The molecule has 0 aliphatic carbocycles. The molecule has 2 aliphatic rings. The monoisotopic (exact) mass is 645 g/mol. The highest BCUT2D eigenvalue weighted by Crippen LogP contribution is 2.48. The van der Waals surface area contributed by atoms with E-state index >= 15 is 0 Å². The summed E-state index contributed by atoms with van der Waals surface area (Å²) in [6.07, 6.45) is 0.685. The number of carboxylic acids is 1. The maximum Gasteiger partial charge on any atom is 0.341 e. The van der Waals surface area contributed by atoms with Gasteiger partial charge in [0.2, 0.25) is 10.0 Å². The van der Waals surface area contributed by atoms with Crippen molar-refractivity contribution in [2.24, 2.45) is 11.8 Å². The Kier molecular flexibility index (Phi) is 9.56. The van der Waals surface area contributed by atoms with Crippen LogP contribution < -0.4 is 4.74 Å². The molecule has 1 N–H and O–H groups in total. The predicted octanol–water partition coefficient (Wildman–Crippen LogP) is 7.51. The molecule has 46 heavy (non-hydrogen) atoms. The third kappa shape index (κ3) is 6.94. The van der Waals surface area contributed by atoms with Crippen LogP contribution in [0.3, 0.4) is 0 Å². The third-order valence-corrected chi connectivity index (χ3v) is 11.6. The molecular weight excluding hydrogens is 598 g/mol. The molecule has 0 unspecified atom stereocenters. The van der Waals surface area contributed by atoms with E-state index in [0.29, 0.717) is 36.6 Å². The lowest BCUT2D eigenvalue weighted by Crippen LogP contribution is -2.50. The number of benzene rings is 3. The Balaban J connectivity index is 1.44. The molecule has 0 radical (unpaired) electrons. The van der Waals surface area contributed by atoms with Gasteiger partial charge in [-0.1, -0.05) is 95.3 Å². The normalized spacial score (nSPS) is 22.6. The Morgan fingerprint density at radius 2 is 1.63 bits per heavy atom. The van der Waals surface area contributed by atoms with Crippen LogP contribution in [0.15, 0.2) is 89.8 Å². The zero-order chi connectivity index (χ0) is 33.4. The van der Waals surface area contributed by atoms with Crippen molar-refractivity contribution in [3.8, 4) is 5.75 Å². The average molecular weight is 646 g/mol. The largest absolute Gasteiger partial charge is 0.482 e. The first kappa shape index (κ1) is 33.9. The Hall–Kier alpha value is -3.46. The number of fused-ring (bicyclic) bond motifs is 1. The molecule has 4 atom stereocenters. The SMILES string of the molecule is C=C(C)[C@H]1C[C@@H]2CN(S(=O)(=O)c3ccc(C(C)(C)C)cc3)CC[C@@H]2O[C@@H]1c1cc(C(C)(C)c2ccccc2)ccc1OCC(=O)O. The van der Waals surface area contributed by atoms with Gasteiger partial charge in [-0.15, -0.1) is 0 Å². The lowest BCUT2D eigenvalue weighted by atomic mass is 9.74. The van der Waals surface area contributed by atoms with Crippen molar-refractivity contribution < 1.29 is 27.8 Å². The topological polar surface area (TPSA) is 93.1 Å². The van der Waals surface area contributed by atoms with Crippen LogP contribution in [0.1, 0.15) is 82.7 Å². The molecular formula is C38H47NO6S. The number of hydrogen-bond acceptors (Lipinski definition) is 5. The highest BCUT2D eigenvalue weighted by Gasteiger charge is 2.45. The van der Waals surface area contributed by atoms with Gasteiger partial charge in [-0.05, 0) is 72.1 Å². The number of ether oxygens (including phenoxy) is 2. The minimum Gasteiger partial charge on any atom is -0.482 e. The number of rotatable bonds is 9. The van der Waals surface area contributed by atoms with E-state index < -0.39 is 28.7 Å². The zero-order valence-corrected chi connectivity index (χ0v) is 28.6. The van der Waals surface area contributed by atoms with Crippen LogP contribution in [0.25, 0.3) is 0 Å². The van der Waals surface area contributed by atoms with E-state index in [1.807, 2.05) is 49.4 Å². The molecule has 0 amide bonds. The van der Waals surface area contributed by atoms with Gasteiger partial charge in [-0.25, -0.2) is 13.2 Å². The van der Waals surface area contributed by atoms with Crippen molar-refractivity contribution in [1.82, 2.24) is 4.31 Å². The van der Waals surface area contributed by atoms with Gasteiger partial charge in [-0.3, -0.25) is 0 Å². The van der Waals surface area contributed by atoms with Crippen molar-refractivity contribution in [1.29, 1.82) is 0 Å². The van der Waals surface area contributed by atoms with E-state index in [4.69, 9.17) is 9.47 Å². The summed E-state index contributed by atoms with van der Waals surface area (Å²) in [6, 6.07) is 23.4. The fourth-order valence-electron chi connectivity index (χ4n) is 6.81. The van der Waals surface area contributed by atoms with Gasteiger partial charge < -0.3 is 14.6 Å². The summed E-state index contributed by atoms with van der Waals surface area (Å²) >= 11 is 0. The average Bonchev–Trinajstić information content (AvgIpc) is 3.02. The van der Waals surface area contributed by atoms with Gasteiger partial charge in [0.1, 0.15) is 5.75 Å². The minimum absolute atomic E-state index is 0.0114. The van der Waals surface area contributed by atoms with Crippen molar-refractivity contribution in [3.05, 3.63) is 107 Å². The van der Waals surface area contributed by atoms with Gasteiger partial charge in [0, 0.05) is 30.0 Å². The van der Waals surface area contributed by atoms with Gasteiger partial charge >= 0.3 is 5.97 Å². The fraction of sp³-hybridized carbons (Fsp3) is 0.447. The standard InChI is InChI=1S/C38H47NO6S/c1-25(2)31-21-26-23-39(46(42,43)30-16-13-27(14-17-30)37(3,4)5)20-19-33(26)45-36(31)32-22-29(15-18-34(32)44-24-35(40)41)38(6,7)28-11-9-8-10-12-28/h8-18,22,26,31,33,36H,1,19-21,23-24H2,2-7H3,(H,40,41)/t26-,31-,33+,36+/m1/s1. The first-order valence-corrected chi connectivity index (χ1v) is 17.5. The first-order valence-electron chi connectivity index (χ1n) is 16.0. The number of carbonyl (C=O) groups is 1. The highest BCUT2D eigenvalue weighted by molar-refractivity contribution is 7.89. The van der Waals surface area contributed by atoms with E-state index in [-0.39, 0.29) is 28.8 Å². The molecule has 246 valence electrons. The van der Waals surface area contributed by atoms with Crippen LogP contribution in [0.5, 0.6) is 5.75 Å². The van der Waals surface area contributed by atoms with Crippen LogP contribution in [0, 0.1) is 11.8 Å². The number of sulfonamides is 1. The van der Waals surface area contributed by atoms with Crippen LogP contribution in [-0.4, -0.2) is 49.6 Å². The Morgan fingerprint density at radius 1 is 0.978 bits per heavy atom. The summed E-state index contributed by atoms with van der Waals surface area (Å²) in [6.45, 7) is 17.2. The summed E-state index contributed by atoms with van der Waals surface area (Å²) in [5.41, 5.74) is 4.63. The quantitative estimate of drug-likeness (QED) is 0.242. The number of nitrogens with zero attached hydrogens (tertiary/aromatic N) is 1. The predicted molar refractivity (Wildman–Crippen MR) is 181 cm³/mol. The summed E-state index contributed by atoms with van der Waals surface area (Å²) in [4.78, 5) is 11.8. The van der Waals surface area contributed by atoms with Gasteiger partial charge in [0.05, 0.1) is 17.1 Å². The van der Waals surface area contributed by atoms with Crippen molar-refractivity contribution in [2.45, 2.75) is 82.3 Å². The van der Waals surface area contributed by atoms with Gasteiger partial charge in [0.25, 0.3) is 0 Å². The molecule has 2 aliphatic heterocycles. The van der Waals surface area contributed by atoms with Gasteiger partial charge in [-0.2, -0.15) is 4.31 Å². The Labute approximate surface area is 274 Å². The lowest BCUT2D eigenvalue weighted by molar-refractivity contribution is -0.139. The van der Waals surface area contributed by atoms with E-state index in [9.17, 15) is 18.3 Å². The molecule has 0 spiro atoms. The van der Waals surface area contributed by atoms with Crippen molar-refractivity contribution >= 4 is 16.0 Å². The van der Waals surface area contributed by atoms with Crippen molar-refractivity contribution in [3.63, 3.8) is 0 Å². The summed E-state index contributed by atoms with van der Waals surface area (Å²) < 4.78 is 41.8. The minimum atomic E-state index is -3.67. The van der Waals surface area contributed by atoms with Crippen LogP contribution in [0.2, 0.25) is 0 Å². The van der Waals surface area contributed by atoms with Crippen LogP contribution >= 0.6 is 0 Å². The molecule has 2 heterocycles. The fourth-order valence-corrected chi connectivity index (χ4v) is 8.32. The lowest BCUT2D eigenvalue weighted by Gasteiger charge is -2.47. The maximum atomic E-state index is 13.7. The maximum absolute atomic E-state index is 13.7. The Morgan fingerprint density at radius 3 is 2.24 bits per heavy atom. The molecule has 8 heteroatoms. The Bertz CT molecular complexity index is 1670. The number of aliphatic carboxylic acids is 1. The summed E-state index contributed by atoms with van der Waals surface area (Å²) in [5.74, 6) is -0.703. The van der Waals surface area contributed by atoms with Crippen LogP contribution in [0.4, 0.5) is 0 Å². The van der Waals surface area contributed by atoms with Crippen LogP contribution in [-0.2, 0) is 30.4 Å². The molecule has 7 nitrogen and oxygen atoms in total. The van der Waals surface area contributed by atoms with E-state index in [0.717, 1.165) is 27.8 Å². The molecule has 3 aromatic rings. The van der Waals surface area contributed by atoms with Crippen molar-refractivity contribution in [2.75, 3.05) is 19.7 Å². The summed E-state index contributed by atoms with van der Waals surface area (Å²) in [7, 11) is -3.67. The molecule has 0 saturated carbocycles. The highest BCUT2D eigenvalue weighted by atomic mass is 32.2. The molecule has 0 aromatic heterocycles. The molecule has 5 rings (SSSR count).